The van der Waals surface area contributed by atoms with E-state index < -0.39 is 34.5 Å². The molecular weight excluding hydrogens is 428 g/mol. The fourth-order valence-electron chi connectivity index (χ4n) is 4.00. The van der Waals surface area contributed by atoms with E-state index in [0.717, 1.165) is 18.2 Å². The van der Waals surface area contributed by atoms with E-state index in [1.54, 1.807) is 45.0 Å². The predicted octanol–water partition coefficient (Wildman–Crippen LogP) is 3.51. The molecule has 0 spiro atoms. The van der Waals surface area contributed by atoms with Gasteiger partial charge in [-0.05, 0) is 48.2 Å². The third kappa shape index (κ3) is 4.91. The number of hydrogen-bond donors (Lipinski definition) is 2. The van der Waals surface area contributed by atoms with E-state index in [-0.39, 0.29) is 23.8 Å². The van der Waals surface area contributed by atoms with Gasteiger partial charge in [0.1, 0.15) is 23.1 Å². The Morgan fingerprint density at radius 2 is 1.91 bits per heavy atom. The van der Waals surface area contributed by atoms with Crippen molar-refractivity contribution < 1.29 is 18.7 Å². The van der Waals surface area contributed by atoms with Gasteiger partial charge >= 0.3 is 0 Å². The van der Waals surface area contributed by atoms with Crippen molar-refractivity contribution in [3.05, 3.63) is 71.1 Å². The highest BCUT2D eigenvalue weighted by Gasteiger charge is 2.48. The number of aliphatic hydroxyl groups is 1. The van der Waals surface area contributed by atoms with E-state index >= 15 is 0 Å². The number of nitriles is 1. The van der Waals surface area contributed by atoms with Crippen LogP contribution >= 0.6 is 0 Å². The lowest BCUT2D eigenvalue weighted by atomic mass is 9.70. The van der Waals surface area contributed by atoms with Crippen LogP contribution < -0.4 is 5.73 Å². The molecule has 33 heavy (non-hydrogen) atoms. The third-order valence-electron chi connectivity index (χ3n) is 5.44. The number of carbonyl (C=O) groups is 1. The van der Waals surface area contributed by atoms with Crippen molar-refractivity contribution in [2.75, 3.05) is 0 Å². The summed E-state index contributed by atoms with van der Waals surface area (Å²) in [6.07, 6.45) is 0. The molecule has 0 saturated heterocycles. The summed E-state index contributed by atoms with van der Waals surface area (Å²) in [7, 11) is 0. The Labute approximate surface area is 190 Å². The standard InChI is InChI=1S/C24H25F2N5O2/c1-23(2,3)19(24(4,33)22(28)32)21-29-20(17-11-16(25)8-9-18(17)26)30-31(21)13-15-7-5-6-14(10-15)12-27/h5-11,19,33H,13H2,1-4H3,(H2,28,32)/t19-,24?/m0/s1. The van der Waals surface area contributed by atoms with Crippen molar-refractivity contribution in [2.45, 2.75) is 45.8 Å². The van der Waals surface area contributed by atoms with Crippen LogP contribution in [-0.2, 0) is 11.3 Å². The second kappa shape index (κ2) is 8.71. The molecule has 0 radical (unpaired) electrons. The molecule has 0 aliphatic heterocycles. The molecule has 172 valence electrons. The lowest BCUT2D eigenvalue weighted by Crippen LogP contribution is -2.51. The van der Waals surface area contributed by atoms with E-state index in [4.69, 9.17) is 5.73 Å². The summed E-state index contributed by atoms with van der Waals surface area (Å²) in [6, 6.07) is 11.8. The molecule has 0 aliphatic rings. The summed E-state index contributed by atoms with van der Waals surface area (Å²) in [4.78, 5) is 16.6. The maximum absolute atomic E-state index is 14.5. The van der Waals surface area contributed by atoms with Gasteiger partial charge in [0.2, 0.25) is 5.91 Å². The van der Waals surface area contributed by atoms with Crippen molar-refractivity contribution in [3.63, 3.8) is 0 Å². The van der Waals surface area contributed by atoms with Crippen LogP contribution in [0.15, 0.2) is 42.5 Å². The SMILES string of the molecule is CC(C)(C)[C@H](c1nc(-c2cc(F)ccc2F)nn1Cc1cccc(C#N)c1)C(C)(O)C(N)=O. The topological polar surface area (TPSA) is 118 Å². The van der Waals surface area contributed by atoms with E-state index in [2.05, 4.69) is 16.2 Å². The van der Waals surface area contributed by atoms with Gasteiger partial charge in [0, 0.05) is 0 Å². The minimum atomic E-state index is -2.02. The zero-order chi connectivity index (χ0) is 24.6. The molecule has 0 bridgehead atoms. The Hall–Kier alpha value is -3.64. The maximum Gasteiger partial charge on any atom is 0.249 e. The van der Waals surface area contributed by atoms with Gasteiger partial charge in [0.15, 0.2) is 5.82 Å². The predicted molar refractivity (Wildman–Crippen MR) is 118 cm³/mol. The lowest BCUT2D eigenvalue weighted by molar-refractivity contribution is -0.140. The second-order valence-electron chi connectivity index (χ2n) is 9.20. The largest absolute Gasteiger partial charge is 0.380 e. The number of benzene rings is 2. The molecule has 0 saturated carbocycles. The Kier molecular flexibility index (Phi) is 6.34. The number of hydrogen-bond acceptors (Lipinski definition) is 5. The van der Waals surface area contributed by atoms with Crippen LogP contribution in [0.2, 0.25) is 0 Å². The molecule has 3 rings (SSSR count). The van der Waals surface area contributed by atoms with Gasteiger partial charge in [0.05, 0.1) is 29.7 Å². The number of nitrogens with two attached hydrogens (primary N) is 1. The van der Waals surface area contributed by atoms with Crippen LogP contribution in [-0.4, -0.2) is 31.4 Å². The number of carbonyl (C=O) groups excluding carboxylic acids is 1. The molecular formula is C24H25F2N5O2. The molecule has 1 heterocycles. The highest BCUT2D eigenvalue weighted by molar-refractivity contribution is 5.84. The average Bonchev–Trinajstić information content (AvgIpc) is 3.11. The first-order chi connectivity index (χ1) is 15.3. The Bertz CT molecular complexity index is 1240. The number of halogens is 2. The van der Waals surface area contributed by atoms with Crippen LogP contribution in [0.3, 0.4) is 0 Å². The van der Waals surface area contributed by atoms with E-state index in [0.29, 0.717) is 11.1 Å². The van der Waals surface area contributed by atoms with Crippen LogP contribution in [0.1, 0.15) is 50.6 Å². The molecule has 2 atom stereocenters. The number of amides is 1. The molecule has 0 aliphatic carbocycles. The lowest BCUT2D eigenvalue weighted by Gasteiger charge is -2.38. The third-order valence-corrected chi connectivity index (χ3v) is 5.44. The van der Waals surface area contributed by atoms with Crippen LogP contribution in [0.4, 0.5) is 8.78 Å². The number of nitrogens with zero attached hydrogens (tertiary/aromatic N) is 4. The van der Waals surface area contributed by atoms with Gasteiger partial charge in [-0.1, -0.05) is 32.9 Å². The number of aromatic nitrogens is 3. The van der Waals surface area contributed by atoms with Crippen molar-refractivity contribution in [2.24, 2.45) is 11.1 Å². The molecule has 9 heteroatoms. The highest BCUT2D eigenvalue weighted by Crippen LogP contribution is 2.43. The first kappa shape index (κ1) is 24.0. The van der Waals surface area contributed by atoms with Gasteiger partial charge in [0.25, 0.3) is 0 Å². The van der Waals surface area contributed by atoms with E-state index in [9.17, 15) is 23.9 Å². The highest BCUT2D eigenvalue weighted by atomic mass is 19.1. The maximum atomic E-state index is 14.5. The zero-order valence-electron chi connectivity index (χ0n) is 18.8. The summed E-state index contributed by atoms with van der Waals surface area (Å²) >= 11 is 0. The smallest absolute Gasteiger partial charge is 0.249 e. The molecule has 0 fully saturated rings. The molecule has 7 nitrogen and oxygen atoms in total. The van der Waals surface area contributed by atoms with Gasteiger partial charge in [-0.25, -0.2) is 18.4 Å². The van der Waals surface area contributed by atoms with Gasteiger partial charge < -0.3 is 10.8 Å². The Balaban J connectivity index is 2.25. The number of rotatable bonds is 6. The number of primary amides is 1. The first-order valence-electron chi connectivity index (χ1n) is 10.3. The van der Waals surface area contributed by atoms with Crippen LogP contribution in [0, 0.1) is 28.4 Å². The zero-order valence-corrected chi connectivity index (χ0v) is 18.8. The van der Waals surface area contributed by atoms with Crippen molar-refractivity contribution in [3.8, 4) is 17.5 Å². The molecule has 1 aromatic heterocycles. The second-order valence-corrected chi connectivity index (χ2v) is 9.20. The molecule has 1 amide bonds. The Morgan fingerprint density at radius 3 is 2.52 bits per heavy atom. The average molecular weight is 453 g/mol. The van der Waals surface area contributed by atoms with Gasteiger partial charge in [-0.2, -0.15) is 10.4 Å². The summed E-state index contributed by atoms with van der Waals surface area (Å²) in [5, 5.41) is 24.7. The van der Waals surface area contributed by atoms with E-state index in [1.165, 1.54) is 11.6 Å². The molecule has 1 unspecified atom stereocenters. The summed E-state index contributed by atoms with van der Waals surface area (Å²) in [5.41, 5.74) is 3.74. The van der Waals surface area contributed by atoms with Crippen LogP contribution in [0.25, 0.3) is 11.4 Å². The summed E-state index contributed by atoms with van der Waals surface area (Å²) in [6.45, 7) is 6.80. The normalized spacial score (nSPS) is 14.4. The Morgan fingerprint density at radius 1 is 1.21 bits per heavy atom. The molecule has 3 aromatic rings. The summed E-state index contributed by atoms with van der Waals surface area (Å²) < 4.78 is 29.8. The molecule has 2 aromatic carbocycles. The van der Waals surface area contributed by atoms with Crippen LogP contribution in [0.5, 0.6) is 0 Å². The first-order valence-corrected chi connectivity index (χ1v) is 10.3. The van der Waals surface area contributed by atoms with Gasteiger partial charge in [-0.15, -0.1) is 0 Å². The van der Waals surface area contributed by atoms with Gasteiger partial charge in [-0.3, -0.25) is 4.79 Å². The van der Waals surface area contributed by atoms with E-state index in [1.807, 2.05) is 0 Å². The quantitative estimate of drug-likeness (QED) is 0.592. The minimum Gasteiger partial charge on any atom is -0.380 e. The van der Waals surface area contributed by atoms with Crippen molar-refractivity contribution in [1.29, 1.82) is 5.26 Å². The monoisotopic (exact) mass is 453 g/mol. The molecule has 3 N–H and O–H groups in total. The van der Waals surface area contributed by atoms with Crippen molar-refractivity contribution in [1.82, 2.24) is 14.8 Å². The fourth-order valence-corrected chi connectivity index (χ4v) is 4.00. The fraction of sp³-hybridized carbons (Fsp3) is 0.333. The minimum absolute atomic E-state index is 0.104. The van der Waals surface area contributed by atoms with Crippen molar-refractivity contribution >= 4 is 5.91 Å². The summed E-state index contributed by atoms with van der Waals surface area (Å²) in [5.74, 6) is -3.22.